The van der Waals surface area contributed by atoms with Crippen molar-refractivity contribution in [3.63, 3.8) is 0 Å². The highest BCUT2D eigenvalue weighted by molar-refractivity contribution is 7.33. The van der Waals surface area contributed by atoms with Crippen LogP contribution in [0.1, 0.15) is 115 Å². The quantitative estimate of drug-likeness (QED) is 0.162. The second-order valence-electron chi connectivity index (χ2n) is 21.8. The molecule has 4 heterocycles. The van der Waals surface area contributed by atoms with Crippen molar-refractivity contribution in [3.05, 3.63) is 137 Å². The van der Waals surface area contributed by atoms with Crippen molar-refractivity contribution in [2.45, 2.75) is 118 Å². The maximum Gasteiger partial charge on any atom is 0.264 e. The molecular formula is C56H57BN2OS. The summed E-state index contributed by atoms with van der Waals surface area (Å²) in [4.78, 5) is 5.20. The van der Waals surface area contributed by atoms with Crippen LogP contribution in [-0.4, -0.2) is 6.71 Å². The third-order valence-electron chi connectivity index (χ3n) is 14.6. The van der Waals surface area contributed by atoms with Crippen LogP contribution in [0.2, 0.25) is 0 Å². The lowest BCUT2D eigenvalue weighted by molar-refractivity contribution is 0.332. The van der Waals surface area contributed by atoms with E-state index in [-0.39, 0.29) is 28.4 Å². The minimum Gasteiger partial charge on any atom is -0.454 e. The SMILES string of the molecule is Cc1cc2c3c(c1)N(c1ccc(C(C)(C)C)cc1C)c1c(ccc4c1oc1ccccc14)B3c1sc3cc4c(cc3c1N2c1ccc(C(C)(C)C)cc1)C(C)(C)CCC4(C)C. The second kappa shape index (κ2) is 12.7. The highest BCUT2D eigenvalue weighted by Crippen LogP contribution is 2.53. The summed E-state index contributed by atoms with van der Waals surface area (Å²) in [6.45, 7) is 28.2. The summed E-state index contributed by atoms with van der Waals surface area (Å²) in [7, 11) is 0. The van der Waals surface area contributed by atoms with Crippen molar-refractivity contribution in [1.82, 2.24) is 0 Å². The minimum absolute atomic E-state index is 0.0131. The molecule has 0 spiro atoms. The van der Waals surface area contributed by atoms with Crippen molar-refractivity contribution >= 4 is 99.9 Å². The van der Waals surface area contributed by atoms with Gasteiger partial charge in [-0.2, -0.15) is 0 Å². The molecule has 0 amide bonds. The molecule has 0 atom stereocenters. The monoisotopic (exact) mass is 816 g/mol. The van der Waals surface area contributed by atoms with Gasteiger partial charge in [-0.15, -0.1) is 11.3 Å². The Hall–Kier alpha value is -5.26. The molecule has 2 aliphatic heterocycles. The Morgan fingerprint density at radius 1 is 0.607 bits per heavy atom. The normalized spacial score (nSPS) is 16.6. The summed E-state index contributed by atoms with van der Waals surface area (Å²) < 4.78 is 9.83. The van der Waals surface area contributed by atoms with Crippen LogP contribution in [-0.2, 0) is 21.7 Å². The lowest BCUT2D eigenvalue weighted by atomic mass is 9.36. The van der Waals surface area contributed by atoms with E-state index in [0.29, 0.717) is 0 Å². The van der Waals surface area contributed by atoms with Gasteiger partial charge in [0.25, 0.3) is 6.71 Å². The fraction of sp³-hybridized carbons (Fsp3) is 0.321. The highest BCUT2D eigenvalue weighted by atomic mass is 32.1. The van der Waals surface area contributed by atoms with Gasteiger partial charge in [0.05, 0.1) is 11.4 Å². The number of para-hydroxylation sites is 1. The fourth-order valence-electron chi connectivity index (χ4n) is 10.9. The topological polar surface area (TPSA) is 19.6 Å². The number of hydrogen-bond donors (Lipinski definition) is 0. The number of hydrogen-bond acceptors (Lipinski definition) is 4. The van der Waals surface area contributed by atoms with Crippen molar-refractivity contribution in [3.8, 4) is 0 Å². The van der Waals surface area contributed by atoms with E-state index in [1.54, 1.807) is 0 Å². The van der Waals surface area contributed by atoms with Crippen molar-refractivity contribution in [1.29, 1.82) is 0 Å². The molecule has 306 valence electrons. The smallest absolute Gasteiger partial charge is 0.264 e. The van der Waals surface area contributed by atoms with Gasteiger partial charge in [-0.1, -0.05) is 124 Å². The molecular weight excluding hydrogens is 760 g/mol. The molecule has 0 fully saturated rings. The van der Waals surface area contributed by atoms with Crippen molar-refractivity contribution in [2.75, 3.05) is 9.80 Å². The molecule has 0 N–H and O–H groups in total. The van der Waals surface area contributed by atoms with Crippen LogP contribution in [0.25, 0.3) is 32.0 Å². The summed E-state index contributed by atoms with van der Waals surface area (Å²) in [6, 6.07) is 40.0. The maximum absolute atomic E-state index is 7.05. The minimum atomic E-state index is 0.0131. The fourth-order valence-corrected chi connectivity index (χ4v) is 12.3. The van der Waals surface area contributed by atoms with E-state index in [1.165, 1.54) is 100 Å². The van der Waals surface area contributed by atoms with Gasteiger partial charge in [-0.05, 0) is 141 Å². The predicted molar refractivity (Wildman–Crippen MR) is 265 cm³/mol. The van der Waals surface area contributed by atoms with E-state index < -0.39 is 0 Å². The van der Waals surface area contributed by atoms with Gasteiger partial charge in [-0.3, -0.25) is 0 Å². The summed E-state index contributed by atoms with van der Waals surface area (Å²) in [6.07, 6.45) is 2.38. The molecule has 2 aromatic heterocycles. The molecule has 0 bridgehead atoms. The first kappa shape index (κ1) is 38.7. The van der Waals surface area contributed by atoms with Crippen LogP contribution < -0.4 is 25.5 Å². The third kappa shape index (κ3) is 5.61. The lowest BCUT2D eigenvalue weighted by Crippen LogP contribution is -2.60. The van der Waals surface area contributed by atoms with Crippen molar-refractivity contribution < 1.29 is 4.42 Å². The first-order chi connectivity index (χ1) is 28.8. The number of nitrogens with zero attached hydrogens (tertiary/aromatic N) is 2. The average Bonchev–Trinajstić information content (AvgIpc) is 3.77. The summed E-state index contributed by atoms with van der Waals surface area (Å²) in [5, 5.41) is 3.67. The van der Waals surface area contributed by atoms with E-state index in [4.69, 9.17) is 4.42 Å². The molecule has 0 saturated carbocycles. The number of fused-ring (bicyclic) bond motifs is 11. The first-order valence-electron chi connectivity index (χ1n) is 22.3. The zero-order valence-electron chi connectivity index (χ0n) is 38.0. The Bertz CT molecular complexity index is 3150. The van der Waals surface area contributed by atoms with Crippen LogP contribution in [0.4, 0.5) is 34.1 Å². The standard InChI is InChI=1S/C56H57BN2OS/c1-32-27-44-48-45(28-32)59(43-24-19-35(29-33(43)2)54(6,7)8)50-42(23-22-38-37-15-13-14-16-46(37)60-51(38)50)57(48)52-49(58(44)36-20-17-34(18-21-36)53(3,4)5)39-30-40-41(31-47(39)61-52)56(11,12)26-25-55(40,9)10/h13-24,27-31H,25-26H2,1-12H3. The Balaban J connectivity index is 1.28. The number of aryl methyl sites for hydroxylation is 2. The largest absolute Gasteiger partial charge is 0.454 e. The van der Waals surface area contributed by atoms with Gasteiger partial charge in [0.1, 0.15) is 5.58 Å². The molecule has 61 heavy (non-hydrogen) atoms. The van der Waals surface area contributed by atoms with Crippen LogP contribution >= 0.6 is 11.3 Å². The summed E-state index contributed by atoms with van der Waals surface area (Å²) in [5.41, 5.74) is 20.4. The van der Waals surface area contributed by atoms with E-state index >= 15 is 0 Å². The van der Waals surface area contributed by atoms with Gasteiger partial charge in [0.15, 0.2) is 5.58 Å². The molecule has 8 aromatic rings. The van der Waals surface area contributed by atoms with Crippen LogP contribution in [0, 0.1) is 13.8 Å². The number of anilines is 6. The Labute approximate surface area is 366 Å². The van der Waals surface area contributed by atoms with Gasteiger partial charge < -0.3 is 14.2 Å². The zero-order valence-corrected chi connectivity index (χ0v) is 38.8. The highest BCUT2D eigenvalue weighted by Gasteiger charge is 2.47. The first-order valence-corrected chi connectivity index (χ1v) is 23.2. The van der Waals surface area contributed by atoms with Gasteiger partial charge in [0, 0.05) is 48.4 Å². The van der Waals surface area contributed by atoms with Gasteiger partial charge in [0.2, 0.25) is 0 Å². The number of thiophene rings is 1. The molecule has 0 radical (unpaired) electrons. The summed E-state index contributed by atoms with van der Waals surface area (Å²) >= 11 is 2.01. The molecule has 3 nitrogen and oxygen atoms in total. The second-order valence-corrected chi connectivity index (χ2v) is 22.9. The van der Waals surface area contributed by atoms with Gasteiger partial charge >= 0.3 is 0 Å². The number of furan rings is 1. The van der Waals surface area contributed by atoms with Crippen molar-refractivity contribution in [2.24, 2.45) is 0 Å². The molecule has 3 aliphatic rings. The molecule has 1 aliphatic carbocycles. The summed E-state index contributed by atoms with van der Waals surface area (Å²) in [5.74, 6) is 0. The molecule has 6 aromatic carbocycles. The Morgan fingerprint density at radius 2 is 1.25 bits per heavy atom. The molecule has 0 saturated heterocycles. The lowest BCUT2D eigenvalue weighted by Gasteiger charge is -2.44. The maximum atomic E-state index is 7.05. The molecule has 11 rings (SSSR count). The Kier molecular flexibility index (Phi) is 8.02. The Morgan fingerprint density at radius 3 is 1.92 bits per heavy atom. The number of rotatable bonds is 2. The molecule has 5 heteroatoms. The van der Waals surface area contributed by atoms with E-state index in [1.807, 2.05) is 11.3 Å². The van der Waals surface area contributed by atoms with E-state index in [2.05, 4.69) is 196 Å². The van der Waals surface area contributed by atoms with Crippen LogP contribution in [0.5, 0.6) is 0 Å². The van der Waals surface area contributed by atoms with E-state index in [9.17, 15) is 0 Å². The van der Waals surface area contributed by atoms with Crippen LogP contribution in [0.15, 0.2) is 108 Å². The molecule has 0 unspecified atom stereocenters. The zero-order chi connectivity index (χ0) is 42.7. The average molecular weight is 817 g/mol. The number of benzene rings is 6. The van der Waals surface area contributed by atoms with Crippen LogP contribution in [0.3, 0.4) is 0 Å². The predicted octanol–water partition coefficient (Wildman–Crippen LogP) is 14.4. The van der Waals surface area contributed by atoms with E-state index in [0.717, 1.165) is 27.6 Å². The van der Waals surface area contributed by atoms with Gasteiger partial charge in [-0.25, -0.2) is 0 Å². The third-order valence-corrected chi connectivity index (χ3v) is 15.8.